The van der Waals surface area contributed by atoms with Crippen molar-refractivity contribution in [1.29, 1.82) is 0 Å². The number of aromatic nitrogens is 2. The number of hydrogen-bond donors (Lipinski definition) is 3. The quantitative estimate of drug-likeness (QED) is 0.156. The second-order valence-electron chi connectivity index (χ2n) is 13.6. The highest BCUT2D eigenvalue weighted by Gasteiger charge is 2.47. The second kappa shape index (κ2) is 14.6. The minimum absolute atomic E-state index is 0.0147. The van der Waals surface area contributed by atoms with Gasteiger partial charge < -0.3 is 25.4 Å². The Balaban J connectivity index is 1.07. The van der Waals surface area contributed by atoms with E-state index in [1.54, 1.807) is 14.2 Å². The molecule has 3 fully saturated rings. The molecular formula is C38H40Cl2F2N6O3. The van der Waals surface area contributed by atoms with Crippen LogP contribution in [0.1, 0.15) is 36.8 Å². The van der Waals surface area contributed by atoms with Crippen LogP contribution in [0.25, 0.3) is 33.6 Å². The highest BCUT2D eigenvalue weighted by molar-refractivity contribution is 6.39. The summed E-state index contributed by atoms with van der Waals surface area (Å²) < 4.78 is 38.3. The van der Waals surface area contributed by atoms with Crippen molar-refractivity contribution in [3.63, 3.8) is 0 Å². The molecule has 1 amide bonds. The van der Waals surface area contributed by atoms with Crippen molar-refractivity contribution in [2.24, 2.45) is 0 Å². The van der Waals surface area contributed by atoms with E-state index in [4.69, 9.17) is 42.6 Å². The summed E-state index contributed by atoms with van der Waals surface area (Å²) in [7, 11) is 3.18. The fraction of sp³-hybridized carbons (Fsp3) is 0.395. The van der Waals surface area contributed by atoms with Crippen molar-refractivity contribution in [2.75, 3.05) is 40.4 Å². The molecule has 3 N–H and O–H groups in total. The van der Waals surface area contributed by atoms with Gasteiger partial charge in [-0.25, -0.2) is 18.7 Å². The highest BCUT2D eigenvalue weighted by Crippen LogP contribution is 2.43. The van der Waals surface area contributed by atoms with Gasteiger partial charge in [0.05, 0.1) is 47.7 Å². The summed E-state index contributed by atoms with van der Waals surface area (Å²) >= 11 is 14.2. The molecule has 51 heavy (non-hydrogen) atoms. The van der Waals surface area contributed by atoms with E-state index in [0.29, 0.717) is 65.7 Å². The molecule has 4 aromatic rings. The maximum atomic E-state index is 13.5. The van der Waals surface area contributed by atoms with Crippen LogP contribution < -0.4 is 25.4 Å². The summed E-state index contributed by atoms with van der Waals surface area (Å²) in [4.78, 5) is 23.6. The Labute approximate surface area is 306 Å². The van der Waals surface area contributed by atoms with E-state index >= 15 is 0 Å². The molecule has 0 aliphatic carbocycles. The molecule has 0 radical (unpaired) electrons. The largest absolute Gasteiger partial charge is 0.481 e. The first-order valence-corrected chi connectivity index (χ1v) is 17.8. The number of halogens is 4. The smallest absolute Gasteiger partial charge is 0.260 e. The summed E-state index contributed by atoms with van der Waals surface area (Å²) in [6, 6.07) is 19.3. The van der Waals surface area contributed by atoms with Crippen LogP contribution in [0.3, 0.4) is 0 Å². The predicted octanol–water partition coefficient (Wildman–Crippen LogP) is 6.74. The zero-order chi connectivity index (χ0) is 35.8. The van der Waals surface area contributed by atoms with E-state index in [2.05, 4.69) is 20.9 Å². The molecule has 1 spiro atoms. The van der Waals surface area contributed by atoms with Gasteiger partial charge in [0.15, 0.2) is 0 Å². The van der Waals surface area contributed by atoms with Crippen LogP contribution in [-0.2, 0) is 17.9 Å². The summed E-state index contributed by atoms with van der Waals surface area (Å²) in [6.07, 6.45) is 1.78. The fourth-order valence-electron chi connectivity index (χ4n) is 7.32. The number of carbonyl (C=O) groups excluding carboxylic acids is 1. The number of pyridine rings is 2. The van der Waals surface area contributed by atoms with Gasteiger partial charge in [0.2, 0.25) is 17.7 Å². The van der Waals surface area contributed by atoms with E-state index < -0.39 is 5.92 Å². The van der Waals surface area contributed by atoms with Crippen LogP contribution in [0.4, 0.5) is 8.78 Å². The minimum atomic E-state index is -2.64. The molecule has 2 aromatic carbocycles. The van der Waals surface area contributed by atoms with Gasteiger partial charge in [-0.05, 0) is 25.0 Å². The number of hydrogen-bond acceptors (Lipinski definition) is 8. The molecule has 0 saturated carbocycles. The average Bonchev–Trinajstić information content (AvgIpc) is 3.51. The molecule has 9 nitrogen and oxygen atoms in total. The SMILES string of the molecule is COc1nc(-c2cccc(-c3cccc(-c4ccc(CN5CC6(CCC(=O)N6)C5)c(OC)n4)c3Cl)c2Cl)ccc1CNCC1CCC(F)(F)CN1. The fourth-order valence-corrected chi connectivity index (χ4v) is 7.97. The van der Waals surface area contributed by atoms with Crippen LogP contribution in [0.5, 0.6) is 11.8 Å². The molecule has 5 heterocycles. The minimum Gasteiger partial charge on any atom is -0.481 e. The Hall–Kier alpha value is -3.87. The molecule has 268 valence electrons. The zero-order valence-corrected chi connectivity index (χ0v) is 30.0. The lowest BCUT2D eigenvalue weighted by Crippen LogP contribution is -2.66. The topological polar surface area (TPSA) is 101 Å². The second-order valence-corrected chi connectivity index (χ2v) is 14.4. The Morgan fingerprint density at radius 3 is 2.00 bits per heavy atom. The first-order valence-electron chi connectivity index (χ1n) is 17.1. The van der Waals surface area contributed by atoms with E-state index in [1.165, 1.54) is 0 Å². The van der Waals surface area contributed by atoms with Gasteiger partial charge in [0.1, 0.15) is 0 Å². The summed E-state index contributed by atoms with van der Waals surface area (Å²) in [6.45, 7) is 3.03. The van der Waals surface area contributed by atoms with Gasteiger partial charge in [-0.2, -0.15) is 0 Å². The molecule has 1 unspecified atom stereocenters. The summed E-state index contributed by atoms with van der Waals surface area (Å²) in [5.41, 5.74) is 5.97. The number of amides is 1. The van der Waals surface area contributed by atoms with Gasteiger partial charge in [-0.15, -0.1) is 0 Å². The average molecular weight is 738 g/mol. The molecule has 3 aliphatic rings. The van der Waals surface area contributed by atoms with Crippen molar-refractivity contribution < 1.29 is 23.0 Å². The number of ether oxygens (including phenoxy) is 2. The standard InChI is InChI=1S/C38H40Cl2F2N6O3/c1-50-35-23(17-43-18-25-13-16-38(41,42)20-44-25)9-11-30(45-35)28-7-3-5-26(33(28)39)27-6-4-8-29(34(27)40)31-12-10-24(36(46-31)51-2)19-48-21-37(22-48)15-14-32(49)47-37/h3-12,25,43-44H,13-22H2,1-2H3,(H,47,49). The van der Waals surface area contributed by atoms with Crippen molar-refractivity contribution in [3.8, 4) is 45.4 Å². The lowest BCUT2D eigenvalue weighted by Gasteiger charge is -2.48. The lowest BCUT2D eigenvalue weighted by molar-refractivity contribution is -0.120. The maximum absolute atomic E-state index is 13.5. The molecule has 7 rings (SSSR count). The van der Waals surface area contributed by atoms with Crippen LogP contribution in [0, 0.1) is 0 Å². The highest BCUT2D eigenvalue weighted by atomic mass is 35.5. The van der Waals surface area contributed by atoms with Gasteiger partial charge in [-0.1, -0.05) is 71.7 Å². The summed E-state index contributed by atoms with van der Waals surface area (Å²) in [5.74, 6) is -1.53. The normalized spacial score (nSPS) is 19.5. The number of benzene rings is 2. The number of alkyl halides is 2. The zero-order valence-electron chi connectivity index (χ0n) is 28.5. The molecular weight excluding hydrogens is 697 g/mol. The molecule has 2 aromatic heterocycles. The lowest BCUT2D eigenvalue weighted by atomic mass is 9.88. The number of carbonyl (C=O) groups is 1. The first kappa shape index (κ1) is 35.5. The molecule has 0 bridgehead atoms. The number of methoxy groups -OCH3 is 2. The third-order valence-electron chi connectivity index (χ3n) is 10.0. The van der Waals surface area contributed by atoms with Crippen molar-refractivity contribution in [3.05, 3.63) is 81.8 Å². The van der Waals surface area contributed by atoms with Gasteiger partial charge >= 0.3 is 0 Å². The Morgan fingerprint density at radius 1 is 0.863 bits per heavy atom. The Morgan fingerprint density at radius 2 is 1.45 bits per heavy atom. The van der Waals surface area contributed by atoms with Crippen molar-refractivity contribution in [1.82, 2.24) is 30.8 Å². The molecule has 1 atom stereocenters. The number of nitrogens with zero attached hydrogens (tertiary/aromatic N) is 3. The Bertz CT molecular complexity index is 1930. The predicted molar refractivity (Wildman–Crippen MR) is 195 cm³/mol. The molecule has 3 aliphatic heterocycles. The van der Waals surface area contributed by atoms with Gasteiger partial charge in [-0.3, -0.25) is 9.69 Å². The van der Waals surface area contributed by atoms with Gasteiger partial charge in [0.25, 0.3) is 5.92 Å². The van der Waals surface area contributed by atoms with E-state index in [9.17, 15) is 13.6 Å². The Kier molecular flexibility index (Phi) is 10.2. The molecule has 13 heteroatoms. The van der Waals surface area contributed by atoms with Gasteiger partial charge in [0, 0.05) is 85.0 Å². The number of piperidine rings is 1. The van der Waals surface area contributed by atoms with E-state index in [0.717, 1.165) is 52.9 Å². The van der Waals surface area contributed by atoms with E-state index in [-0.39, 0.29) is 30.5 Å². The third kappa shape index (κ3) is 7.54. The maximum Gasteiger partial charge on any atom is 0.260 e. The van der Waals surface area contributed by atoms with Crippen LogP contribution in [0.15, 0.2) is 60.7 Å². The van der Waals surface area contributed by atoms with E-state index in [1.807, 2.05) is 60.7 Å². The number of likely N-dealkylation sites (tertiary alicyclic amines) is 1. The van der Waals surface area contributed by atoms with Crippen LogP contribution >= 0.6 is 23.2 Å². The van der Waals surface area contributed by atoms with Crippen molar-refractivity contribution in [2.45, 2.75) is 56.3 Å². The first-order chi connectivity index (χ1) is 24.6. The monoisotopic (exact) mass is 736 g/mol. The number of rotatable bonds is 11. The van der Waals surface area contributed by atoms with Crippen LogP contribution in [0.2, 0.25) is 10.0 Å². The number of nitrogens with one attached hydrogen (secondary N) is 3. The molecule has 3 saturated heterocycles. The summed E-state index contributed by atoms with van der Waals surface area (Å²) in [5, 5.41) is 10.4. The third-order valence-corrected chi connectivity index (χ3v) is 10.8. The van der Waals surface area contributed by atoms with Crippen LogP contribution in [-0.4, -0.2) is 78.7 Å². The van der Waals surface area contributed by atoms with Crippen molar-refractivity contribution >= 4 is 29.1 Å².